The van der Waals surface area contributed by atoms with Crippen molar-refractivity contribution >= 4 is 103 Å². The van der Waals surface area contributed by atoms with Gasteiger partial charge in [-0.1, -0.05) is 417 Å². The van der Waals surface area contributed by atoms with E-state index >= 15 is 0 Å². The van der Waals surface area contributed by atoms with E-state index in [1.54, 1.807) is 0 Å². The summed E-state index contributed by atoms with van der Waals surface area (Å²) in [7, 11) is 0. The van der Waals surface area contributed by atoms with E-state index in [9.17, 15) is 0 Å². The van der Waals surface area contributed by atoms with E-state index in [0.717, 1.165) is 34.1 Å². The van der Waals surface area contributed by atoms with Gasteiger partial charge in [0.25, 0.3) is 0 Å². The Balaban J connectivity index is 0.616. The van der Waals surface area contributed by atoms with Crippen molar-refractivity contribution in [2.45, 2.75) is 60.8 Å². The molecule has 4 spiro atoms. The summed E-state index contributed by atoms with van der Waals surface area (Å²) in [4.78, 5) is 15.4. The van der Waals surface area contributed by atoms with Gasteiger partial charge in [0, 0.05) is 73.0 Å². The molecule has 138 heavy (non-hydrogen) atoms. The van der Waals surface area contributed by atoms with Crippen LogP contribution in [0.4, 0.5) is 34.1 Å². The molecule has 30 rings (SSSR count). The van der Waals surface area contributed by atoms with Crippen LogP contribution in [0.2, 0.25) is 0 Å². The van der Waals surface area contributed by atoms with E-state index in [2.05, 4.69) is 495 Å². The molecule has 4 heterocycles. The Morgan fingerprint density at radius 1 is 0.152 bits per heavy atom. The highest BCUT2D eigenvalue weighted by atomic mass is 32.2. The minimum Gasteiger partial charge on any atom is -0.310 e. The number of benzene rings is 22. The van der Waals surface area contributed by atoms with Gasteiger partial charge >= 0.3 is 0 Å². The largest absolute Gasteiger partial charge is 0.310 e. The lowest BCUT2D eigenvalue weighted by atomic mass is 9.66. The van der Waals surface area contributed by atoms with Crippen LogP contribution in [-0.4, -0.2) is 0 Å². The molecule has 22 aromatic rings. The van der Waals surface area contributed by atoms with Gasteiger partial charge in [-0.3, -0.25) is 0 Å². The van der Waals surface area contributed by atoms with Crippen molar-refractivity contribution in [3.8, 4) is 77.9 Å². The van der Waals surface area contributed by atoms with Gasteiger partial charge in [0.15, 0.2) is 0 Å². The monoisotopic (exact) mass is 1820 g/mol. The van der Waals surface area contributed by atoms with Crippen LogP contribution in [0.5, 0.6) is 0 Å². The number of rotatable bonds is 9. The fraction of sp³-hybridized carbons (Fsp3) is 0.0303. The molecule has 0 radical (unpaired) electrons. The summed E-state index contributed by atoms with van der Waals surface area (Å²) in [6.45, 7) is 0. The fourth-order valence-corrected chi connectivity index (χ4v) is 30.8. The fourth-order valence-electron chi connectivity index (χ4n) is 25.9. The Hall–Kier alpha value is -15.6. The zero-order chi connectivity index (χ0) is 90.3. The lowest BCUT2D eigenvalue weighted by molar-refractivity contribution is 0.721. The number of hydrogen-bond acceptors (Lipinski definition) is 6. The second-order valence-corrected chi connectivity index (χ2v) is 42.0. The summed E-state index contributed by atoms with van der Waals surface area (Å²) < 4.78 is 0. The van der Waals surface area contributed by atoms with Gasteiger partial charge in [0.2, 0.25) is 0 Å². The molecule has 0 saturated heterocycles. The number of fused-ring (bicyclic) bond motifs is 38. The Labute approximate surface area is 818 Å². The first-order valence-electron chi connectivity index (χ1n) is 47.7. The summed E-state index contributed by atoms with van der Waals surface area (Å²) in [6.07, 6.45) is 0. The molecule has 0 bridgehead atoms. The lowest BCUT2D eigenvalue weighted by Crippen LogP contribution is -2.32. The standard InChI is InChI=1S/C132H80N2S4/c1-2-31-85-77-86(62-61-81(85)29-1)82-63-68-88(69-64-82)133(117-52-27-49-111-126(117)99-35-6-9-40-102(99)129(111)104-42-11-18-54-119(104)135-120-55-19-12-43-105(120)129)91-73-76-98-96-74-67-87(78-114(96)132(116(98)80-91)108-46-15-22-58-123(108)137-124-59-23-16-47-109(124)132)94-38-26-51-113-128(94)138-125-60-24-17-48-110(125)131(113)103-41-10-7-36-100(103)127-112(131)50-28-53-118(127)134(89-70-65-84(66-71-89)93-37-25-32-83-30-3-4-33-92(83)93)90-72-75-97-95-34-5-8-39-101(95)130(115(97)79-90)106-44-13-20-56-121(106)136-122-57-21-14-45-107(122)130/h1-80H. The Kier molecular flexibility index (Phi) is 17.1. The van der Waals surface area contributed by atoms with Crippen molar-refractivity contribution in [1.29, 1.82) is 0 Å². The van der Waals surface area contributed by atoms with Gasteiger partial charge in [-0.25, -0.2) is 0 Å². The van der Waals surface area contributed by atoms with Crippen LogP contribution >= 0.6 is 47.0 Å². The third-order valence-corrected chi connectivity index (χ3v) is 36.0. The van der Waals surface area contributed by atoms with Crippen LogP contribution in [0.3, 0.4) is 0 Å². The molecule has 0 aromatic heterocycles. The van der Waals surface area contributed by atoms with Crippen molar-refractivity contribution < 1.29 is 0 Å². The highest BCUT2D eigenvalue weighted by molar-refractivity contribution is 8.00. The van der Waals surface area contributed by atoms with Crippen LogP contribution in [0.1, 0.15) is 89.0 Å². The molecular weight excluding hydrogens is 1740 g/mol. The second kappa shape index (κ2) is 29.9. The van der Waals surface area contributed by atoms with Crippen LogP contribution < -0.4 is 9.80 Å². The zero-order valence-electron chi connectivity index (χ0n) is 74.7. The first kappa shape index (κ1) is 78.7. The Morgan fingerprint density at radius 3 is 0.957 bits per heavy atom. The van der Waals surface area contributed by atoms with Gasteiger partial charge in [-0.2, -0.15) is 0 Å². The molecule has 4 aliphatic carbocycles. The molecule has 1 atom stereocenters. The van der Waals surface area contributed by atoms with Gasteiger partial charge in [0.05, 0.1) is 33.0 Å². The molecule has 2 nitrogen and oxygen atoms in total. The highest BCUT2D eigenvalue weighted by Gasteiger charge is 2.57. The zero-order valence-corrected chi connectivity index (χ0v) is 78.0. The first-order chi connectivity index (χ1) is 68.4. The predicted octanol–water partition coefficient (Wildman–Crippen LogP) is 35.2. The Morgan fingerprint density at radius 2 is 0.457 bits per heavy atom. The van der Waals surface area contributed by atoms with Crippen molar-refractivity contribution in [3.05, 3.63) is 574 Å². The summed E-state index contributed by atoms with van der Waals surface area (Å²) in [5, 5.41) is 4.92. The lowest BCUT2D eigenvalue weighted by Gasteiger charge is -2.41. The first-order valence-corrected chi connectivity index (χ1v) is 51.0. The summed E-state index contributed by atoms with van der Waals surface area (Å²) >= 11 is 7.62. The molecule has 1 unspecified atom stereocenters. The van der Waals surface area contributed by atoms with Crippen molar-refractivity contribution in [3.63, 3.8) is 0 Å². The van der Waals surface area contributed by atoms with E-state index in [0.29, 0.717) is 0 Å². The maximum Gasteiger partial charge on any atom is 0.0736 e. The van der Waals surface area contributed by atoms with E-state index in [-0.39, 0.29) is 0 Å². The molecule has 0 amide bonds. The van der Waals surface area contributed by atoms with Crippen molar-refractivity contribution in [2.24, 2.45) is 0 Å². The summed E-state index contributed by atoms with van der Waals surface area (Å²) in [5.41, 5.74) is 41.5. The van der Waals surface area contributed by atoms with Crippen LogP contribution in [0.25, 0.3) is 99.4 Å². The van der Waals surface area contributed by atoms with Gasteiger partial charge in [-0.15, -0.1) is 0 Å². The van der Waals surface area contributed by atoms with Crippen molar-refractivity contribution in [2.75, 3.05) is 9.80 Å². The molecule has 642 valence electrons. The normalized spacial score (nSPS) is 15.3. The maximum atomic E-state index is 2.63. The topological polar surface area (TPSA) is 6.48 Å². The SMILES string of the molecule is c1ccc2c(c1)Sc1ccccc1C21c2cc(-c3cccc4c3Sc3ccccc3C43c4ccccc4-c4c(N(c5ccc(-c6cccc7ccccc67)cc5)c5ccc6c(c5)C5(c7ccccc7Sc7ccccc75)c5ccccc5-6)cccc43)ccc2-c2ccc(N(c3ccc(-c4ccc5ccccc5c4)cc3)c3cccc4c3-c3ccccc3C43c4ccccc4Sc4ccccc43)cc21. The van der Waals surface area contributed by atoms with Gasteiger partial charge in [-0.05, 0) is 293 Å². The molecule has 0 fully saturated rings. The number of hydrogen-bond donors (Lipinski definition) is 0. The van der Waals surface area contributed by atoms with Crippen LogP contribution in [0.15, 0.2) is 524 Å². The number of anilines is 6. The molecular formula is C132H80N2S4. The third-order valence-electron chi connectivity index (χ3n) is 31.3. The maximum absolute atomic E-state index is 2.63. The summed E-state index contributed by atoms with van der Waals surface area (Å²) in [5.74, 6) is 0. The highest BCUT2D eigenvalue weighted by Crippen LogP contribution is 2.71. The Bertz CT molecular complexity index is 8890. The van der Waals surface area contributed by atoms with E-state index in [4.69, 9.17) is 0 Å². The molecule has 8 aliphatic rings. The van der Waals surface area contributed by atoms with E-state index in [1.807, 2.05) is 47.0 Å². The van der Waals surface area contributed by atoms with Crippen LogP contribution in [-0.2, 0) is 21.7 Å². The minimum absolute atomic E-state index is 0.590. The molecule has 4 aliphatic heterocycles. The molecule has 22 aromatic carbocycles. The van der Waals surface area contributed by atoms with Gasteiger partial charge in [0.1, 0.15) is 0 Å². The quantitative estimate of drug-likeness (QED) is 0.141. The average Bonchev–Trinajstić information content (AvgIpc) is 1.51. The average molecular weight is 1820 g/mol. The second-order valence-electron chi connectivity index (χ2n) is 37.7. The summed E-state index contributed by atoms with van der Waals surface area (Å²) in [6, 6.07) is 187. The molecule has 6 heteroatoms. The van der Waals surface area contributed by atoms with E-state index in [1.165, 1.54) is 228 Å². The molecule has 0 N–H and O–H groups in total. The van der Waals surface area contributed by atoms with E-state index < -0.39 is 21.7 Å². The molecule has 0 saturated carbocycles. The van der Waals surface area contributed by atoms with Crippen molar-refractivity contribution in [1.82, 2.24) is 0 Å². The van der Waals surface area contributed by atoms with Gasteiger partial charge < -0.3 is 9.80 Å². The third kappa shape index (κ3) is 10.7. The predicted molar refractivity (Wildman–Crippen MR) is 573 cm³/mol. The van der Waals surface area contributed by atoms with Crippen LogP contribution in [0, 0.1) is 0 Å². The smallest absolute Gasteiger partial charge is 0.0736 e. The minimum atomic E-state index is -0.783. The number of nitrogens with zero attached hydrogens (tertiary/aromatic N) is 2.